The SMILES string of the molecule is CCOC1C(Br)CC1Oc1ccccc1-c1ccccc1. The van der Waals surface area contributed by atoms with E-state index in [-0.39, 0.29) is 12.2 Å². The van der Waals surface area contributed by atoms with Gasteiger partial charge in [-0.3, -0.25) is 0 Å². The van der Waals surface area contributed by atoms with Crippen molar-refractivity contribution in [3.8, 4) is 16.9 Å². The van der Waals surface area contributed by atoms with Crippen molar-refractivity contribution in [1.29, 1.82) is 0 Å². The third kappa shape index (κ3) is 3.14. The van der Waals surface area contributed by atoms with Crippen LogP contribution in [0.5, 0.6) is 5.75 Å². The molecule has 2 aromatic rings. The summed E-state index contributed by atoms with van der Waals surface area (Å²) >= 11 is 3.64. The molecule has 0 bridgehead atoms. The highest BCUT2D eigenvalue weighted by atomic mass is 79.9. The summed E-state index contributed by atoms with van der Waals surface area (Å²) in [7, 11) is 0. The second-order valence-corrected chi connectivity index (χ2v) is 6.37. The summed E-state index contributed by atoms with van der Waals surface area (Å²) in [5.74, 6) is 0.929. The maximum atomic E-state index is 6.22. The Hall–Kier alpha value is -1.32. The molecule has 1 aliphatic rings. The minimum absolute atomic E-state index is 0.124. The zero-order valence-corrected chi connectivity index (χ0v) is 13.6. The lowest BCUT2D eigenvalue weighted by Gasteiger charge is -2.41. The molecule has 0 aliphatic heterocycles. The number of benzene rings is 2. The van der Waals surface area contributed by atoms with Gasteiger partial charge in [-0.05, 0) is 18.6 Å². The van der Waals surface area contributed by atoms with Crippen molar-refractivity contribution in [2.75, 3.05) is 6.61 Å². The zero-order valence-electron chi connectivity index (χ0n) is 12.0. The molecule has 0 aromatic heterocycles. The van der Waals surface area contributed by atoms with Crippen molar-refractivity contribution >= 4 is 15.9 Å². The quantitative estimate of drug-likeness (QED) is 0.732. The average molecular weight is 347 g/mol. The predicted octanol–water partition coefficient (Wildman–Crippen LogP) is 4.67. The molecule has 0 radical (unpaired) electrons. The Morgan fingerprint density at radius 3 is 2.48 bits per heavy atom. The van der Waals surface area contributed by atoms with E-state index in [4.69, 9.17) is 9.47 Å². The molecular weight excluding hydrogens is 328 g/mol. The van der Waals surface area contributed by atoms with E-state index in [0.29, 0.717) is 11.4 Å². The topological polar surface area (TPSA) is 18.5 Å². The van der Waals surface area contributed by atoms with E-state index in [1.807, 2.05) is 43.3 Å². The normalized spacial score (nSPS) is 24.4. The van der Waals surface area contributed by atoms with Crippen LogP contribution >= 0.6 is 15.9 Å². The summed E-state index contributed by atoms with van der Waals surface area (Å²) in [6.07, 6.45) is 1.24. The fourth-order valence-corrected chi connectivity index (χ4v) is 3.50. The standard InChI is InChI=1S/C18H19BrO2/c1-2-20-18-15(19)12-17(18)21-16-11-7-6-10-14(16)13-8-4-3-5-9-13/h3-11,15,17-18H,2,12H2,1H3. The fourth-order valence-electron chi connectivity index (χ4n) is 2.64. The first-order valence-electron chi connectivity index (χ1n) is 7.36. The second-order valence-electron chi connectivity index (χ2n) is 5.19. The van der Waals surface area contributed by atoms with E-state index in [2.05, 4.69) is 34.1 Å². The van der Waals surface area contributed by atoms with Crippen LogP contribution in [-0.2, 0) is 4.74 Å². The summed E-state index contributed by atoms with van der Waals surface area (Å²) in [6, 6.07) is 18.5. The van der Waals surface area contributed by atoms with Gasteiger partial charge in [-0.15, -0.1) is 0 Å². The molecule has 0 heterocycles. The van der Waals surface area contributed by atoms with E-state index >= 15 is 0 Å². The Labute approximate surface area is 134 Å². The van der Waals surface area contributed by atoms with Crippen molar-refractivity contribution in [3.05, 3.63) is 54.6 Å². The minimum Gasteiger partial charge on any atom is -0.487 e. The first-order valence-corrected chi connectivity index (χ1v) is 8.28. The van der Waals surface area contributed by atoms with Gasteiger partial charge in [0, 0.05) is 23.4 Å². The lowest BCUT2D eigenvalue weighted by Crippen LogP contribution is -2.52. The first-order chi connectivity index (χ1) is 10.3. The van der Waals surface area contributed by atoms with Crippen molar-refractivity contribution in [1.82, 2.24) is 0 Å². The van der Waals surface area contributed by atoms with E-state index in [9.17, 15) is 0 Å². The molecule has 110 valence electrons. The highest BCUT2D eigenvalue weighted by Crippen LogP contribution is 2.37. The molecule has 1 saturated carbocycles. The van der Waals surface area contributed by atoms with Gasteiger partial charge in [-0.1, -0.05) is 64.5 Å². The van der Waals surface area contributed by atoms with Gasteiger partial charge in [0.15, 0.2) is 0 Å². The van der Waals surface area contributed by atoms with Gasteiger partial charge in [0.25, 0.3) is 0 Å². The second kappa shape index (κ2) is 6.63. The Balaban J connectivity index is 1.81. The van der Waals surface area contributed by atoms with Crippen molar-refractivity contribution < 1.29 is 9.47 Å². The molecule has 3 heteroatoms. The zero-order chi connectivity index (χ0) is 14.7. The minimum atomic E-state index is 0.124. The van der Waals surface area contributed by atoms with E-state index in [0.717, 1.165) is 17.7 Å². The van der Waals surface area contributed by atoms with Gasteiger partial charge in [-0.25, -0.2) is 0 Å². The van der Waals surface area contributed by atoms with Crippen LogP contribution in [0, 0.1) is 0 Å². The largest absolute Gasteiger partial charge is 0.487 e. The van der Waals surface area contributed by atoms with Crippen LogP contribution < -0.4 is 4.74 Å². The third-order valence-corrected chi connectivity index (χ3v) is 4.68. The van der Waals surface area contributed by atoms with Gasteiger partial charge < -0.3 is 9.47 Å². The Bertz CT molecular complexity index is 585. The predicted molar refractivity (Wildman–Crippen MR) is 89.0 cm³/mol. The number of rotatable bonds is 5. The van der Waals surface area contributed by atoms with Crippen molar-refractivity contribution in [3.63, 3.8) is 0 Å². The lowest BCUT2D eigenvalue weighted by atomic mass is 9.91. The summed E-state index contributed by atoms with van der Waals surface area (Å²) in [4.78, 5) is 0.395. The molecule has 0 saturated heterocycles. The molecular formula is C18H19BrO2. The summed E-state index contributed by atoms with van der Waals surface area (Å²) in [6.45, 7) is 2.74. The first kappa shape index (κ1) is 14.6. The van der Waals surface area contributed by atoms with Crippen molar-refractivity contribution in [2.45, 2.75) is 30.4 Å². The maximum absolute atomic E-state index is 6.22. The Kier molecular flexibility index (Phi) is 4.61. The van der Waals surface area contributed by atoms with Crippen LogP contribution in [0.3, 0.4) is 0 Å². The molecule has 2 nitrogen and oxygen atoms in total. The molecule has 0 N–H and O–H groups in total. The van der Waals surface area contributed by atoms with Crippen molar-refractivity contribution in [2.24, 2.45) is 0 Å². The number of alkyl halides is 1. The summed E-state index contributed by atoms with van der Waals surface area (Å²) in [5.41, 5.74) is 2.31. The van der Waals surface area contributed by atoms with E-state index in [1.54, 1.807) is 0 Å². The number of halogens is 1. The molecule has 21 heavy (non-hydrogen) atoms. The van der Waals surface area contributed by atoms with E-state index in [1.165, 1.54) is 5.56 Å². The molecule has 2 aromatic carbocycles. The van der Waals surface area contributed by atoms with E-state index < -0.39 is 0 Å². The molecule has 3 unspecified atom stereocenters. The highest BCUT2D eigenvalue weighted by molar-refractivity contribution is 9.09. The lowest BCUT2D eigenvalue weighted by molar-refractivity contribution is -0.0721. The number of ether oxygens (including phenoxy) is 2. The monoisotopic (exact) mass is 346 g/mol. The summed E-state index contributed by atoms with van der Waals surface area (Å²) < 4.78 is 12.0. The molecule has 0 amide bonds. The molecule has 1 aliphatic carbocycles. The van der Waals surface area contributed by atoms with Gasteiger partial charge in [0.05, 0.1) is 0 Å². The van der Waals surface area contributed by atoms with Crippen LogP contribution in [-0.4, -0.2) is 23.6 Å². The summed E-state index contributed by atoms with van der Waals surface area (Å²) in [5, 5.41) is 0. The van der Waals surface area contributed by atoms with Crippen LogP contribution in [0.4, 0.5) is 0 Å². The number of hydrogen-bond acceptors (Lipinski definition) is 2. The molecule has 1 fully saturated rings. The molecule has 0 spiro atoms. The number of hydrogen-bond donors (Lipinski definition) is 0. The smallest absolute Gasteiger partial charge is 0.127 e. The molecule has 3 atom stereocenters. The van der Waals surface area contributed by atoms with Gasteiger partial charge in [0.1, 0.15) is 18.0 Å². The van der Waals surface area contributed by atoms with Gasteiger partial charge in [-0.2, -0.15) is 0 Å². The van der Waals surface area contributed by atoms with Crippen LogP contribution in [0.1, 0.15) is 13.3 Å². The Morgan fingerprint density at radius 2 is 1.76 bits per heavy atom. The van der Waals surface area contributed by atoms with Crippen LogP contribution in [0.25, 0.3) is 11.1 Å². The average Bonchev–Trinajstić information content (AvgIpc) is 2.53. The van der Waals surface area contributed by atoms with Crippen LogP contribution in [0.2, 0.25) is 0 Å². The third-order valence-electron chi connectivity index (χ3n) is 3.79. The Morgan fingerprint density at radius 1 is 1.05 bits per heavy atom. The number of para-hydroxylation sites is 1. The van der Waals surface area contributed by atoms with Gasteiger partial charge >= 0.3 is 0 Å². The fraction of sp³-hybridized carbons (Fsp3) is 0.333. The van der Waals surface area contributed by atoms with Gasteiger partial charge in [0.2, 0.25) is 0 Å². The van der Waals surface area contributed by atoms with Crippen LogP contribution in [0.15, 0.2) is 54.6 Å². The maximum Gasteiger partial charge on any atom is 0.127 e. The molecule has 3 rings (SSSR count). The highest BCUT2D eigenvalue weighted by Gasteiger charge is 2.42.